The van der Waals surface area contributed by atoms with Crippen molar-refractivity contribution in [1.29, 1.82) is 0 Å². The Balaban J connectivity index is 1.71. The normalized spacial score (nSPS) is 21.9. The number of rotatable bonds is 5. The maximum absolute atomic E-state index is 2.44. The lowest BCUT2D eigenvalue weighted by Crippen LogP contribution is -2.11. The monoisotopic (exact) mass is 318 g/mol. The molecule has 0 unspecified atom stereocenters. The van der Waals surface area contributed by atoms with Crippen molar-refractivity contribution in [3.05, 3.63) is 71.8 Å². The van der Waals surface area contributed by atoms with Crippen LogP contribution in [0, 0.1) is 5.92 Å². The van der Waals surface area contributed by atoms with Crippen molar-refractivity contribution < 1.29 is 0 Å². The standard InChI is InChI=1S/C24H30/c1-3-5-6-8-20-11-14-24-18-23(16-15-22(24)17-20)21-12-9-19(7-4-2)10-13-21/h3-5,7,11,14-19,21H,6,8-10,12-13H2,1-2H3/b5-3+,7-4+. The van der Waals surface area contributed by atoms with Crippen molar-refractivity contribution in [2.75, 3.05) is 0 Å². The number of benzene rings is 2. The highest BCUT2D eigenvalue weighted by Gasteiger charge is 2.20. The molecular formula is C24H30. The van der Waals surface area contributed by atoms with Gasteiger partial charge in [0.15, 0.2) is 0 Å². The van der Waals surface area contributed by atoms with Gasteiger partial charge in [0.1, 0.15) is 0 Å². The first-order valence-electron chi connectivity index (χ1n) is 9.56. The summed E-state index contributed by atoms with van der Waals surface area (Å²) in [6, 6.07) is 14.1. The molecule has 0 heteroatoms. The first-order chi connectivity index (χ1) is 11.8. The van der Waals surface area contributed by atoms with Crippen LogP contribution in [0.5, 0.6) is 0 Å². The minimum Gasteiger partial charge on any atom is -0.0917 e. The highest BCUT2D eigenvalue weighted by Crippen LogP contribution is 2.37. The molecule has 0 aliphatic heterocycles. The molecule has 0 heterocycles. The molecule has 0 radical (unpaired) electrons. The summed E-state index contributed by atoms with van der Waals surface area (Å²) in [4.78, 5) is 0. The van der Waals surface area contributed by atoms with Crippen molar-refractivity contribution in [3.63, 3.8) is 0 Å². The van der Waals surface area contributed by atoms with Crippen molar-refractivity contribution >= 4 is 10.8 Å². The van der Waals surface area contributed by atoms with Gasteiger partial charge in [0.05, 0.1) is 0 Å². The molecule has 0 aromatic heterocycles. The highest BCUT2D eigenvalue weighted by molar-refractivity contribution is 5.84. The first kappa shape index (κ1) is 17.0. The van der Waals surface area contributed by atoms with E-state index in [-0.39, 0.29) is 0 Å². The van der Waals surface area contributed by atoms with Gasteiger partial charge in [-0.25, -0.2) is 0 Å². The summed E-state index contributed by atoms with van der Waals surface area (Å²) in [5.41, 5.74) is 2.99. The number of allylic oxidation sites excluding steroid dienone is 4. The van der Waals surface area contributed by atoms with Crippen LogP contribution in [-0.4, -0.2) is 0 Å². The van der Waals surface area contributed by atoms with Crippen LogP contribution in [0.15, 0.2) is 60.7 Å². The van der Waals surface area contributed by atoms with Gasteiger partial charge in [0.2, 0.25) is 0 Å². The van der Waals surface area contributed by atoms with Crippen LogP contribution in [0.1, 0.15) is 63.0 Å². The second-order valence-electron chi connectivity index (χ2n) is 7.19. The van der Waals surface area contributed by atoms with Crippen LogP contribution < -0.4 is 0 Å². The third-order valence-electron chi connectivity index (χ3n) is 5.47. The van der Waals surface area contributed by atoms with E-state index in [1.165, 1.54) is 42.0 Å². The van der Waals surface area contributed by atoms with Gasteiger partial charge in [-0.2, -0.15) is 0 Å². The molecule has 1 saturated carbocycles. The molecule has 0 amide bonds. The zero-order valence-electron chi connectivity index (χ0n) is 15.2. The Labute approximate surface area is 147 Å². The number of hydrogen-bond donors (Lipinski definition) is 0. The van der Waals surface area contributed by atoms with Crippen LogP contribution >= 0.6 is 0 Å². The zero-order valence-corrected chi connectivity index (χ0v) is 15.2. The predicted octanol–water partition coefficient (Wildman–Crippen LogP) is 7.20. The molecule has 1 aliphatic rings. The molecule has 0 saturated heterocycles. The molecule has 0 bridgehead atoms. The van der Waals surface area contributed by atoms with Crippen LogP contribution in [0.25, 0.3) is 10.8 Å². The third-order valence-corrected chi connectivity index (χ3v) is 5.47. The summed E-state index contributed by atoms with van der Waals surface area (Å²) in [5, 5.41) is 2.79. The Bertz CT molecular complexity index is 712. The van der Waals surface area contributed by atoms with Crippen molar-refractivity contribution in [2.24, 2.45) is 5.92 Å². The van der Waals surface area contributed by atoms with E-state index in [4.69, 9.17) is 0 Å². The molecule has 0 N–H and O–H groups in total. The molecule has 1 aliphatic carbocycles. The zero-order chi connectivity index (χ0) is 16.8. The Morgan fingerprint density at radius 2 is 1.62 bits per heavy atom. The second-order valence-corrected chi connectivity index (χ2v) is 7.19. The van der Waals surface area contributed by atoms with Gasteiger partial charge in [-0.3, -0.25) is 0 Å². The summed E-state index contributed by atoms with van der Waals surface area (Å²) < 4.78 is 0. The van der Waals surface area contributed by atoms with E-state index in [2.05, 4.69) is 74.5 Å². The van der Waals surface area contributed by atoms with E-state index in [0.717, 1.165) is 24.7 Å². The van der Waals surface area contributed by atoms with Crippen LogP contribution in [0.4, 0.5) is 0 Å². The van der Waals surface area contributed by atoms with Crippen molar-refractivity contribution in [3.8, 4) is 0 Å². The Morgan fingerprint density at radius 1 is 0.875 bits per heavy atom. The summed E-state index contributed by atoms with van der Waals surface area (Å²) >= 11 is 0. The van der Waals surface area contributed by atoms with Gasteiger partial charge in [-0.15, -0.1) is 0 Å². The minimum atomic E-state index is 0.755. The Morgan fingerprint density at radius 3 is 2.38 bits per heavy atom. The maximum atomic E-state index is 2.44. The quantitative estimate of drug-likeness (QED) is 0.511. The van der Waals surface area contributed by atoms with E-state index >= 15 is 0 Å². The maximum Gasteiger partial charge on any atom is -0.0161 e. The molecule has 2 aromatic rings. The lowest BCUT2D eigenvalue weighted by Gasteiger charge is -2.27. The van der Waals surface area contributed by atoms with E-state index in [1.54, 1.807) is 5.56 Å². The van der Waals surface area contributed by atoms with Gasteiger partial charge in [-0.05, 0) is 86.1 Å². The first-order valence-corrected chi connectivity index (χ1v) is 9.56. The van der Waals surface area contributed by atoms with Gasteiger partial charge in [-0.1, -0.05) is 60.7 Å². The molecule has 3 rings (SSSR count). The Hall–Kier alpha value is -1.82. The highest BCUT2D eigenvalue weighted by atomic mass is 14.3. The molecule has 1 fully saturated rings. The van der Waals surface area contributed by atoms with Gasteiger partial charge in [0.25, 0.3) is 0 Å². The van der Waals surface area contributed by atoms with Crippen LogP contribution in [0.3, 0.4) is 0 Å². The molecule has 24 heavy (non-hydrogen) atoms. The van der Waals surface area contributed by atoms with Crippen molar-refractivity contribution in [2.45, 2.75) is 58.3 Å². The topological polar surface area (TPSA) is 0 Å². The molecule has 2 aromatic carbocycles. The van der Waals surface area contributed by atoms with E-state index in [1.807, 2.05) is 0 Å². The smallest absolute Gasteiger partial charge is 0.0161 e. The average Bonchev–Trinajstić information content (AvgIpc) is 2.62. The minimum absolute atomic E-state index is 0.755. The SMILES string of the molecule is C/C=C/CCc1ccc2cc(C3CCC(/C=C/C)CC3)ccc2c1. The van der Waals surface area contributed by atoms with Crippen LogP contribution in [0.2, 0.25) is 0 Å². The molecular weight excluding hydrogens is 288 g/mol. The number of hydrogen-bond acceptors (Lipinski definition) is 0. The summed E-state index contributed by atoms with van der Waals surface area (Å²) in [6.07, 6.45) is 16.6. The fourth-order valence-corrected chi connectivity index (χ4v) is 4.06. The molecule has 0 nitrogen and oxygen atoms in total. The third kappa shape index (κ3) is 4.17. The van der Waals surface area contributed by atoms with Gasteiger partial charge >= 0.3 is 0 Å². The van der Waals surface area contributed by atoms with E-state index < -0.39 is 0 Å². The van der Waals surface area contributed by atoms with E-state index in [9.17, 15) is 0 Å². The lowest BCUT2D eigenvalue weighted by atomic mass is 9.78. The summed E-state index contributed by atoms with van der Waals surface area (Å²) in [6.45, 7) is 4.23. The molecule has 126 valence electrons. The largest absolute Gasteiger partial charge is 0.0917 e. The van der Waals surface area contributed by atoms with Gasteiger partial charge < -0.3 is 0 Å². The van der Waals surface area contributed by atoms with Crippen LogP contribution in [-0.2, 0) is 6.42 Å². The van der Waals surface area contributed by atoms with E-state index in [0.29, 0.717) is 0 Å². The van der Waals surface area contributed by atoms with Crippen molar-refractivity contribution in [1.82, 2.24) is 0 Å². The number of fused-ring (bicyclic) bond motifs is 1. The second kappa shape index (κ2) is 8.33. The average molecular weight is 319 g/mol. The summed E-state index contributed by atoms with van der Waals surface area (Å²) in [7, 11) is 0. The summed E-state index contributed by atoms with van der Waals surface area (Å²) in [5.74, 6) is 1.57. The fourth-order valence-electron chi connectivity index (χ4n) is 4.06. The number of aryl methyl sites for hydroxylation is 1. The fraction of sp³-hybridized carbons (Fsp3) is 0.417. The Kier molecular flexibility index (Phi) is 5.91. The molecule has 0 atom stereocenters. The lowest BCUT2D eigenvalue weighted by molar-refractivity contribution is 0.376. The predicted molar refractivity (Wildman–Crippen MR) is 107 cm³/mol. The van der Waals surface area contributed by atoms with Gasteiger partial charge in [0, 0.05) is 0 Å². The molecule has 0 spiro atoms.